The maximum atomic E-state index is 13.5. The Morgan fingerprint density at radius 3 is 2.62 bits per heavy atom. The second-order valence-corrected chi connectivity index (χ2v) is 6.86. The molecule has 0 saturated carbocycles. The highest BCUT2D eigenvalue weighted by Crippen LogP contribution is 2.28. The van der Waals surface area contributed by atoms with E-state index in [0.29, 0.717) is 22.9 Å². The lowest BCUT2D eigenvalue weighted by Crippen LogP contribution is -2.31. The van der Waals surface area contributed by atoms with Gasteiger partial charge in [-0.1, -0.05) is 18.0 Å². The number of halogens is 3. The molecule has 0 aliphatic carbocycles. The Kier molecular flexibility index (Phi) is 6.38. The quantitative estimate of drug-likeness (QED) is 0.683. The Morgan fingerprint density at radius 1 is 1.12 bits per heavy atom. The highest BCUT2D eigenvalue weighted by molar-refractivity contribution is 6.32. The van der Waals surface area contributed by atoms with Crippen molar-refractivity contribution < 1.29 is 13.5 Å². The van der Waals surface area contributed by atoms with E-state index in [1.165, 1.54) is 25.3 Å². The van der Waals surface area contributed by atoms with Crippen LogP contribution < -0.4 is 4.74 Å². The summed E-state index contributed by atoms with van der Waals surface area (Å²) < 4.78 is 32.4. The first-order chi connectivity index (χ1) is 12.5. The second kappa shape index (κ2) is 8.73. The van der Waals surface area contributed by atoms with Crippen molar-refractivity contribution in [3.63, 3.8) is 0 Å². The summed E-state index contributed by atoms with van der Waals surface area (Å²) in [5, 5.41) is 0.342. The van der Waals surface area contributed by atoms with Crippen LogP contribution in [0.3, 0.4) is 0 Å². The average Bonchev–Trinajstić information content (AvgIpc) is 2.65. The Labute approximate surface area is 157 Å². The van der Waals surface area contributed by atoms with Crippen molar-refractivity contribution in [3.05, 3.63) is 40.6 Å². The maximum Gasteiger partial charge on any atom is 0.236 e. The standard InChI is InChI=1S/C19H22ClF2N3O/c1-13-17(20)19(26-11-5-10-25-8-3-2-4-9-25)24-18(23-13)14-6-7-15(21)16(22)12-14/h6-7,12H,2-5,8-11H2,1H3. The molecule has 0 radical (unpaired) electrons. The van der Waals surface area contributed by atoms with Gasteiger partial charge in [0.05, 0.1) is 12.3 Å². The van der Waals surface area contributed by atoms with Gasteiger partial charge >= 0.3 is 0 Å². The van der Waals surface area contributed by atoms with Crippen LogP contribution in [0.5, 0.6) is 5.88 Å². The fourth-order valence-corrected chi connectivity index (χ4v) is 3.17. The minimum absolute atomic E-state index is 0.261. The summed E-state index contributed by atoms with van der Waals surface area (Å²) in [4.78, 5) is 11.0. The van der Waals surface area contributed by atoms with Crippen LogP contribution in [0, 0.1) is 18.6 Å². The molecule has 0 N–H and O–H groups in total. The van der Waals surface area contributed by atoms with Gasteiger partial charge in [-0.05, 0) is 57.5 Å². The van der Waals surface area contributed by atoms with Crippen LogP contribution in [-0.2, 0) is 0 Å². The normalized spacial score (nSPS) is 15.2. The smallest absolute Gasteiger partial charge is 0.236 e. The summed E-state index contributed by atoms with van der Waals surface area (Å²) in [7, 11) is 0. The highest BCUT2D eigenvalue weighted by Gasteiger charge is 2.15. The number of rotatable bonds is 6. The lowest BCUT2D eigenvalue weighted by molar-refractivity contribution is 0.203. The summed E-state index contributed by atoms with van der Waals surface area (Å²) in [5.74, 6) is -1.31. The van der Waals surface area contributed by atoms with E-state index in [0.717, 1.165) is 38.2 Å². The molecular formula is C19H22ClF2N3O. The first-order valence-electron chi connectivity index (χ1n) is 8.89. The van der Waals surface area contributed by atoms with E-state index in [2.05, 4.69) is 14.9 Å². The molecule has 3 rings (SSSR count). The molecule has 140 valence electrons. The molecule has 0 bridgehead atoms. The van der Waals surface area contributed by atoms with Crippen molar-refractivity contribution in [2.75, 3.05) is 26.2 Å². The second-order valence-electron chi connectivity index (χ2n) is 6.48. The predicted octanol–water partition coefficient (Wildman–Crippen LogP) is 4.64. The molecule has 4 nitrogen and oxygen atoms in total. The van der Waals surface area contributed by atoms with Gasteiger partial charge in [0.1, 0.15) is 5.02 Å². The zero-order chi connectivity index (χ0) is 18.5. The predicted molar refractivity (Wildman–Crippen MR) is 97.5 cm³/mol. The van der Waals surface area contributed by atoms with Gasteiger partial charge in [0.15, 0.2) is 17.5 Å². The molecule has 1 aliphatic rings. The lowest BCUT2D eigenvalue weighted by atomic mass is 10.1. The van der Waals surface area contributed by atoms with Crippen molar-refractivity contribution in [1.29, 1.82) is 0 Å². The van der Waals surface area contributed by atoms with E-state index in [1.807, 2.05) is 0 Å². The summed E-state index contributed by atoms with van der Waals surface area (Å²) in [5.41, 5.74) is 0.911. The Hall–Kier alpha value is -1.79. The van der Waals surface area contributed by atoms with Gasteiger partial charge in [-0.2, -0.15) is 4.98 Å². The van der Waals surface area contributed by atoms with E-state index < -0.39 is 11.6 Å². The minimum atomic E-state index is -0.942. The molecule has 1 aromatic carbocycles. The zero-order valence-electron chi connectivity index (χ0n) is 14.8. The molecule has 1 fully saturated rings. The largest absolute Gasteiger partial charge is 0.476 e. The van der Waals surface area contributed by atoms with Crippen LogP contribution in [0.2, 0.25) is 5.02 Å². The summed E-state index contributed by atoms with van der Waals surface area (Å²) >= 11 is 6.24. The molecule has 0 amide bonds. The third-order valence-corrected chi connectivity index (χ3v) is 4.91. The van der Waals surface area contributed by atoms with Crippen LogP contribution in [0.15, 0.2) is 18.2 Å². The molecule has 2 aromatic rings. The summed E-state index contributed by atoms with van der Waals surface area (Å²) in [6.45, 7) is 5.50. The highest BCUT2D eigenvalue weighted by atomic mass is 35.5. The Bertz CT molecular complexity index is 767. The number of ether oxygens (including phenoxy) is 1. The van der Waals surface area contributed by atoms with E-state index in [-0.39, 0.29) is 11.7 Å². The van der Waals surface area contributed by atoms with Gasteiger partial charge in [-0.3, -0.25) is 0 Å². The first-order valence-corrected chi connectivity index (χ1v) is 9.27. The Balaban J connectivity index is 1.66. The van der Waals surface area contributed by atoms with Crippen molar-refractivity contribution in [3.8, 4) is 17.3 Å². The van der Waals surface area contributed by atoms with Gasteiger partial charge in [-0.15, -0.1) is 0 Å². The average molecular weight is 382 g/mol. The Morgan fingerprint density at radius 2 is 1.88 bits per heavy atom. The molecule has 1 saturated heterocycles. The number of piperidine rings is 1. The molecule has 0 spiro atoms. The van der Waals surface area contributed by atoms with E-state index in [1.54, 1.807) is 6.92 Å². The number of aromatic nitrogens is 2. The van der Waals surface area contributed by atoms with Crippen molar-refractivity contribution in [1.82, 2.24) is 14.9 Å². The maximum absolute atomic E-state index is 13.5. The molecule has 0 atom stereocenters. The third-order valence-electron chi connectivity index (χ3n) is 4.47. The van der Waals surface area contributed by atoms with E-state index in [4.69, 9.17) is 16.3 Å². The minimum Gasteiger partial charge on any atom is -0.476 e. The van der Waals surface area contributed by atoms with Crippen molar-refractivity contribution in [2.45, 2.75) is 32.6 Å². The number of hydrogen-bond acceptors (Lipinski definition) is 4. The number of aryl methyl sites for hydroxylation is 1. The van der Waals surface area contributed by atoms with Gasteiger partial charge in [0.2, 0.25) is 5.88 Å². The zero-order valence-corrected chi connectivity index (χ0v) is 15.5. The van der Waals surface area contributed by atoms with Crippen LogP contribution >= 0.6 is 11.6 Å². The van der Waals surface area contributed by atoms with Gasteiger partial charge < -0.3 is 9.64 Å². The van der Waals surface area contributed by atoms with Crippen LogP contribution in [-0.4, -0.2) is 41.1 Å². The number of hydrogen-bond donors (Lipinski definition) is 0. The molecule has 7 heteroatoms. The lowest BCUT2D eigenvalue weighted by Gasteiger charge is -2.26. The fraction of sp³-hybridized carbons (Fsp3) is 0.474. The number of benzene rings is 1. The van der Waals surface area contributed by atoms with Gasteiger partial charge in [-0.25, -0.2) is 13.8 Å². The van der Waals surface area contributed by atoms with E-state index >= 15 is 0 Å². The molecule has 2 heterocycles. The van der Waals surface area contributed by atoms with Gasteiger partial charge in [0.25, 0.3) is 0 Å². The fourth-order valence-electron chi connectivity index (χ4n) is 3.03. The van der Waals surface area contributed by atoms with Crippen molar-refractivity contribution in [2.24, 2.45) is 0 Å². The first kappa shape index (κ1) is 19.0. The summed E-state index contributed by atoms with van der Waals surface area (Å²) in [6.07, 6.45) is 4.71. The van der Waals surface area contributed by atoms with Crippen LogP contribution in [0.1, 0.15) is 31.4 Å². The molecule has 1 aliphatic heterocycles. The van der Waals surface area contributed by atoms with Crippen molar-refractivity contribution >= 4 is 11.6 Å². The van der Waals surface area contributed by atoms with Crippen LogP contribution in [0.4, 0.5) is 8.78 Å². The molecule has 1 aromatic heterocycles. The van der Waals surface area contributed by atoms with E-state index in [9.17, 15) is 8.78 Å². The third kappa shape index (κ3) is 4.68. The summed E-state index contributed by atoms with van der Waals surface area (Å²) in [6, 6.07) is 3.55. The number of likely N-dealkylation sites (tertiary alicyclic amines) is 1. The molecule has 0 unspecified atom stereocenters. The molecule has 26 heavy (non-hydrogen) atoms. The monoisotopic (exact) mass is 381 g/mol. The number of nitrogens with zero attached hydrogens (tertiary/aromatic N) is 3. The van der Waals surface area contributed by atoms with Gasteiger partial charge in [0, 0.05) is 12.1 Å². The van der Waals surface area contributed by atoms with Crippen LogP contribution in [0.25, 0.3) is 11.4 Å². The molecular weight excluding hydrogens is 360 g/mol. The SMILES string of the molecule is Cc1nc(-c2ccc(F)c(F)c2)nc(OCCCN2CCCCC2)c1Cl. The topological polar surface area (TPSA) is 38.3 Å².